The Labute approximate surface area is 196 Å². The van der Waals surface area contributed by atoms with Gasteiger partial charge < -0.3 is 25.4 Å². The quantitative estimate of drug-likeness (QED) is 0.435. The van der Waals surface area contributed by atoms with E-state index in [-0.39, 0.29) is 24.7 Å². The summed E-state index contributed by atoms with van der Waals surface area (Å²) < 4.78 is 72.9. The first-order valence-electron chi connectivity index (χ1n) is 9.88. The van der Waals surface area contributed by atoms with Gasteiger partial charge in [0, 0.05) is 19.2 Å². The van der Waals surface area contributed by atoms with Gasteiger partial charge in [0.15, 0.2) is 6.10 Å². The number of nitrogens with zero attached hydrogens (tertiary/aromatic N) is 1. The summed E-state index contributed by atoms with van der Waals surface area (Å²) >= 11 is 5.85. The third-order valence-electron chi connectivity index (χ3n) is 4.56. The van der Waals surface area contributed by atoms with E-state index in [4.69, 9.17) is 21.4 Å². The van der Waals surface area contributed by atoms with Crippen molar-refractivity contribution in [1.82, 2.24) is 4.90 Å². The summed E-state index contributed by atoms with van der Waals surface area (Å²) in [6.45, 7) is 1.94. The molecule has 0 bridgehead atoms. The number of hydrogen-bond acceptors (Lipinski definition) is 4. The molecule has 0 aliphatic rings. The average Bonchev–Trinajstić information content (AvgIpc) is 2.75. The summed E-state index contributed by atoms with van der Waals surface area (Å²) in [5.41, 5.74) is -1.75. The Kier molecular flexibility index (Phi) is 9.05. The molecule has 0 fully saturated rings. The molecule has 0 saturated heterocycles. The number of anilines is 2. The molecule has 0 unspecified atom stereocenters. The van der Waals surface area contributed by atoms with E-state index in [9.17, 15) is 31.5 Å². The number of aliphatic hydroxyl groups is 1. The van der Waals surface area contributed by atoms with Crippen LogP contribution in [0.3, 0.4) is 0 Å². The standard InChI is InChI=1S/C21H21ClF5N3O4/c1-3-30(7-8-31)20(33)28-16-10-17(34-11(2)21(25,26)27)12(9-15(16)24)19(32)29-18-13(22)5-4-6-14(18)23/h4-6,9-11,31H,3,7-8H2,1-2H3,(H,28,33)(H,29,32)/t11-/m0/s1. The minimum atomic E-state index is -4.83. The van der Waals surface area contributed by atoms with Gasteiger partial charge in [-0.3, -0.25) is 4.79 Å². The number of carbonyl (C=O) groups is 2. The average molecular weight is 510 g/mol. The molecule has 0 aliphatic carbocycles. The molecule has 0 heterocycles. The van der Waals surface area contributed by atoms with Gasteiger partial charge in [0.05, 0.1) is 28.6 Å². The van der Waals surface area contributed by atoms with Crippen molar-refractivity contribution in [1.29, 1.82) is 0 Å². The van der Waals surface area contributed by atoms with E-state index in [1.807, 2.05) is 0 Å². The molecule has 0 aromatic heterocycles. The van der Waals surface area contributed by atoms with Crippen LogP contribution < -0.4 is 15.4 Å². The lowest BCUT2D eigenvalue weighted by Crippen LogP contribution is -2.37. The number of carbonyl (C=O) groups excluding carboxylic acids is 2. The van der Waals surface area contributed by atoms with Crippen molar-refractivity contribution in [2.45, 2.75) is 26.1 Å². The molecule has 0 radical (unpaired) electrons. The molecule has 3 amide bonds. The molecule has 186 valence electrons. The Morgan fingerprint density at radius 3 is 2.41 bits per heavy atom. The number of nitrogens with one attached hydrogen (secondary N) is 2. The molecule has 0 saturated carbocycles. The molecule has 3 N–H and O–H groups in total. The van der Waals surface area contributed by atoms with Gasteiger partial charge in [0.2, 0.25) is 0 Å². The first-order chi connectivity index (χ1) is 15.9. The van der Waals surface area contributed by atoms with Gasteiger partial charge in [-0.1, -0.05) is 17.7 Å². The molecule has 2 aromatic rings. The zero-order valence-corrected chi connectivity index (χ0v) is 18.7. The molecule has 2 rings (SSSR count). The number of halogens is 6. The maximum atomic E-state index is 14.7. The van der Waals surface area contributed by atoms with Gasteiger partial charge >= 0.3 is 12.2 Å². The topological polar surface area (TPSA) is 90.9 Å². The Morgan fingerprint density at radius 1 is 1.18 bits per heavy atom. The van der Waals surface area contributed by atoms with Crippen LogP contribution in [0.5, 0.6) is 5.75 Å². The van der Waals surface area contributed by atoms with Crippen LogP contribution in [-0.4, -0.2) is 53.9 Å². The number of aliphatic hydroxyl groups excluding tert-OH is 1. The predicted molar refractivity (Wildman–Crippen MR) is 115 cm³/mol. The van der Waals surface area contributed by atoms with E-state index in [0.29, 0.717) is 19.1 Å². The van der Waals surface area contributed by atoms with E-state index in [0.717, 1.165) is 11.0 Å². The fraction of sp³-hybridized carbons (Fsp3) is 0.333. The monoisotopic (exact) mass is 509 g/mol. The minimum absolute atomic E-state index is 0.0810. The maximum Gasteiger partial charge on any atom is 0.425 e. The first kappa shape index (κ1) is 27.1. The molecule has 34 heavy (non-hydrogen) atoms. The summed E-state index contributed by atoms with van der Waals surface area (Å²) in [7, 11) is 0. The van der Waals surface area contributed by atoms with E-state index < -0.39 is 58.5 Å². The van der Waals surface area contributed by atoms with E-state index >= 15 is 0 Å². The molecule has 7 nitrogen and oxygen atoms in total. The third-order valence-corrected chi connectivity index (χ3v) is 4.88. The number of ether oxygens (including phenoxy) is 1. The normalized spacial score (nSPS) is 12.1. The molecular weight excluding hydrogens is 489 g/mol. The minimum Gasteiger partial charge on any atom is -0.480 e. The Balaban J connectivity index is 2.47. The van der Waals surface area contributed by atoms with Gasteiger partial charge in [0.25, 0.3) is 5.91 Å². The smallest absolute Gasteiger partial charge is 0.425 e. The van der Waals surface area contributed by atoms with Crippen LogP contribution in [0.25, 0.3) is 0 Å². The summed E-state index contributed by atoms with van der Waals surface area (Å²) in [6.07, 6.45) is -7.24. The Bertz CT molecular complexity index is 1030. The molecule has 1 atom stereocenters. The van der Waals surface area contributed by atoms with Crippen LogP contribution in [0.2, 0.25) is 5.02 Å². The lowest BCUT2D eigenvalue weighted by Gasteiger charge is -2.23. The number of likely N-dealkylation sites (N-methyl/N-ethyl adjacent to an activating group) is 1. The van der Waals surface area contributed by atoms with Crippen LogP contribution in [0.15, 0.2) is 30.3 Å². The highest BCUT2D eigenvalue weighted by molar-refractivity contribution is 6.34. The number of rotatable bonds is 8. The van der Waals surface area contributed by atoms with Gasteiger partial charge in [-0.25, -0.2) is 13.6 Å². The fourth-order valence-corrected chi connectivity index (χ4v) is 2.91. The fourth-order valence-electron chi connectivity index (χ4n) is 2.70. The number of amides is 3. The molecular formula is C21H21ClF5N3O4. The highest BCUT2D eigenvalue weighted by Crippen LogP contribution is 2.33. The van der Waals surface area contributed by atoms with Crippen LogP contribution in [0, 0.1) is 11.6 Å². The van der Waals surface area contributed by atoms with Crippen molar-refractivity contribution in [3.63, 3.8) is 0 Å². The van der Waals surface area contributed by atoms with Crippen LogP contribution in [-0.2, 0) is 0 Å². The second-order valence-corrected chi connectivity index (χ2v) is 7.32. The largest absolute Gasteiger partial charge is 0.480 e. The summed E-state index contributed by atoms with van der Waals surface area (Å²) in [5, 5.41) is 13.1. The van der Waals surface area contributed by atoms with Crippen molar-refractivity contribution in [3.8, 4) is 5.75 Å². The van der Waals surface area contributed by atoms with Gasteiger partial charge in [0.1, 0.15) is 17.4 Å². The number of para-hydroxylation sites is 1. The Hall–Kier alpha value is -3.12. The number of hydrogen-bond donors (Lipinski definition) is 3. The second-order valence-electron chi connectivity index (χ2n) is 6.91. The second kappa shape index (κ2) is 11.3. The summed E-state index contributed by atoms with van der Waals surface area (Å²) in [5.74, 6) is -4.04. The maximum absolute atomic E-state index is 14.7. The summed E-state index contributed by atoms with van der Waals surface area (Å²) in [4.78, 5) is 26.1. The number of benzene rings is 2. The van der Waals surface area contributed by atoms with Gasteiger partial charge in [-0.2, -0.15) is 13.2 Å². The first-order valence-corrected chi connectivity index (χ1v) is 10.3. The summed E-state index contributed by atoms with van der Waals surface area (Å²) in [6, 6.07) is 3.91. The predicted octanol–water partition coefficient (Wildman–Crippen LogP) is 5.05. The lowest BCUT2D eigenvalue weighted by atomic mass is 10.1. The molecule has 2 aromatic carbocycles. The van der Waals surface area contributed by atoms with E-state index in [1.54, 1.807) is 6.92 Å². The van der Waals surface area contributed by atoms with Crippen molar-refractivity contribution in [3.05, 3.63) is 52.6 Å². The molecule has 0 aliphatic heterocycles. The molecule has 0 spiro atoms. The van der Waals surface area contributed by atoms with Crippen LogP contribution in [0.4, 0.5) is 38.1 Å². The number of urea groups is 1. The number of alkyl halides is 3. The zero-order valence-electron chi connectivity index (χ0n) is 18.0. The lowest BCUT2D eigenvalue weighted by molar-refractivity contribution is -0.189. The highest BCUT2D eigenvalue weighted by atomic mass is 35.5. The van der Waals surface area contributed by atoms with Crippen LogP contribution >= 0.6 is 11.6 Å². The molecule has 13 heteroatoms. The zero-order chi connectivity index (χ0) is 25.6. The van der Waals surface area contributed by atoms with Crippen molar-refractivity contribution in [2.24, 2.45) is 0 Å². The SMILES string of the molecule is CCN(CCO)C(=O)Nc1cc(O[C@@H](C)C(F)(F)F)c(C(=O)Nc2c(F)cccc2Cl)cc1F. The van der Waals surface area contributed by atoms with E-state index in [2.05, 4.69) is 10.6 Å². The van der Waals surface area contributed by atoms with Gasteiger partial charge in [-0.15, -0.1) is 0 Å². The Morgan fingerprint density at radius 2 is 1.85 bits per heavy atom. The van der Waals surface area contributed by atoms with E-state index in [1.165, 1.54) is 12.1 Å². The van der Waals surface area contributed by atoms with Crippen molar-refractivity contribution in [2.75, 3.05) is 30.3 Å². The highest BCUT2D eigenvalue weighted by Gasteiger charge is 2.39. The van der Waals surface area contributed by atoms with Crippen molar-refractivity contribution < 1.29 is 41.4 Å². The van der Waals surface area contributed by atoms with Crippen LogP contribution in [0.1, 0.15) is 24.2 Å². The third kappa shape index (κ3) is 6.70. The van der Waals surface area contributed by atoms with Crippen molar-refractivity contribution >= 4 is 34.9 Å². The van der Waals surface area contributed by atoms with Gasteiger partial charge in [-0.05, 0) is 32.0 Å².